The van der Waals surface area contributed by atoms with E-state index in [-0.39, 0.29) is 11.7 Å². The van der Waals surface area contributed by atoms with E-state index in [9.17, 15) is 9.18 Å². The van der Waals surface area contributed by atoms with E-state index in [1.807, 2.05) is 74.5 Å². The topological polar surface area (TPSA) is 69.9 Å². The molecule has 0 aliphatic heterocycles. The molecule has 2 heterocycles. The molecule has 0 atom stereocenters. The van der Waals surface area contributed by atoms with Crippen molar-refractivity contribution in [1.82, 2.24) is 15.3 Å². The van der Waals surface area contributed by atoms with Gasteiger partial charge in [0.1, 0.15) is 23.9 Å². The number of H-pyrrole nitrogens is 2. The fraction of sp³-hybridized carbons (Fsp3) is 0.179. The van der Waals surface area contributed by atoms with Gasteiger partial charge in [0.2, 0.25) is 0 Å². The molecule has 6 heteroatoms. The number of benzene rings is 3. The Balaban J connectivity index is 1.24. The average molecular weight is 456 g/mol. The molecule has 0 radical (unpaired) electrons. The van der Waals surface area contributed by atoms with Gasteiger partial charge in [-0.25, -0.2) is 4.39 Å². The summed E-state index contributed by atoms with van der Waals surface area (Å²) in [6.07, 6.45) is 0.609. The molecule has 34 heavy (non-hydrogen) atoms. The molecule has 5 aromatic rings. The number of hydrogen-bond donors (Lipinski definition) is 3. The molecule has 2 aromatic heterocycles. The van der Waals surface area contributed by atoms with Gasteiger partial charge < -0.3 is 20.0 Å². The minimum Gasteiger partial charge on any atom is -0.489 e. The molecule has 0 saturated heterocycles. The number of aryl methyl sites for hydroxylation is 2. The lowest BCUT2D eigenvalue weighted by Gasteiger charge is -2.06. The van der Waals surface area contributed by atoms with Crippen LogP contribution < -0.4 is 10.1 Å². The third-order valence-electron chi connectivity index (χ3n) is 6.07. The Bertz CT molecular complexity index is 1480. The first kappa shape index (κ1) is 21.8. The minimum atomic E-state index is -0.251. The summed E-state index contributed by atoms with van der Waals surface area (Å²) in [5.74, 6) is 0.309. The Labute approximate surface area is 197 Å². The number of halogens is 1. The van der Waals surface area contributed by atoms with Crippen LogP contribution in [0.15, 0.2) is 66.7 Å². The zero-order valence-corrected chi connectivity index (χ0v) is 19.2. The van der Waals surface area contributed by atoms with Gasteiger partial charge >= 0.3 is 0 Å². The van der Waals surface area contributed by atoms with Gasteiger partial charge in [0, 0.05) is 34.6 Å². The monoisotopic (exact) mass is 455 g/mol. The van der Waals surface area contributed by atoms with E-state index < -0.39 is 0 Å². The fourth-order valence-electron chi connectivity index (χ4n) is 4.35. The summed E-state index contributed by atoms with van der Waals surface area (Å²) in [6.45, 7) is 4.74. The summed E-state index contributed by atoms with van der Waals surface area (Å²) in [5.41, 5.74) is 5.77. The maximum Gasteiger partial charge on any atom is 0.267 e. The van der Waals surface area contributed by atoms with E-state index in [2.05, 4.69) is 15.3 Å². The number of rotatable bonds is 7. The lowest BCUT2D eigenvalue weighted by atomic mass is 10.1. The summed E-state index contributed by atoms with van der Waals surface area (Å²) < 4.78 is 20.2. The summed E-state index contributed by atoms with van der Waals surface area (Å²) in [5, 5.41) is 4.78. The van der Waals surface area contributed by atoms with Crippen LogP contribution in [0.25, 0.3) is 21.8 Å². The van der Waals surface area contributed by atoms with Gasteiger partial charge in [-0.05, 0) is 67.3 Å². The predicted molar refractivity (Wildman–Crippen MR) is 133 cm³/mol. The van der Waals surface area contributed by atoms with Crippen LogP contribution in [0.5, 0.6) is 5.75 Å². The SMILES string of the molecule is Cc1cc(F)c2[nH]c(C)c(CCNC(=O)c3cc4ccc(OCc5ccccc5)cc4[nH]3)c2c1. The molecule has 5 rings (SSSR count). The van der Waals surface area contributed by atoms with Crippen LogP contribution in [-0.4, -0.2) is 22.4 Å². The molecular weight excluding hydrogens is 429 g/mol. The number of aromatic nitrogens is 2. The van der Waals surface area contributed by atoms with Crippen LogP contribution in [0.3, 0.4) is 0 Å². The van der Waals surface area contributed by atoms with E-state index in [0.29, 0.717) is 30.8 Å². The normalized spacial score (nSPS) is 11.3. The highest BCUT2D eigenvalue weighted by Crippen LogP contribution is 2.26. The zero-order valence-electron chi connectivity index (χ0n) is 19.2. The van der Waals surface area contributed by atoms with Gasteiger partial charge in [-0.2, -0.15) is 0 Å². The van der Waals surface area contributed by atoms with Crippen molar-refractivity contribution in [3.8, 4) is 5.75 Å². The summed E-state index contributed by atoms with van der Waals surface area (Å²) in [6, 6.07) is 21.1. The molecule has 0 saturated carbocycles. The van der Waals surface area contributed by atoms with Crippen molar-refractivity contribution in [2.24, 2.45) is 0 Å². The molecule has 0 aliphatic rings. The Morgan fingerprint density at radius 2 is 1.82 bits per heavy atom. The first-order valence-electron chi connectivity index (χ1n) is 11.3. The Morgan fingerprint density at radius 3 is 2.65 bits per heavy atom. The number of carbonyl (C=O) groups excluding carboxylic acids is 1. The molecule has 3 aromatic carbocycles. The molecule has 1 amide bonds. The molecule has 5 nitrogen and oxygen atoms in total. The summed E-state index contributed by atoms with van der Waals surface area (Å²) in [7, 11) is 0. The van der Waals surface area contributed by atoms with Crippen LogP contribution in [0, 0.1) is 19.7 Å². The van der Waals surface area contributed by atoms with Crippen LogP contribution >= 0.6 is 0 Å². The quantitative estimate of drug-likeness (QED) is 0.284. The molecule has 0 spiro atoms. The second-order valence-corrected chi connectivity index (χ2v) is 8.61. The van der Waals surface area contributed by atoms with Crippen molar-refractivity contribution in [3.63, 3.8) is 0 Å². The average Bonchev–Trinajstić information content (AvgIpc) is 3.39. The molecule has 0 fully saturated rings. The molecule has 0 aliphatic carbocycles. The number of aromatic amines is 2. The Morgan fingerprint density at radius 1 is 1.00 bits per heavy atom. The number of hydrogen-bond acceptors (Lipinski definition) is 2. The van der Waals surface area contributed by atoms with Crippen molar-refractivity contribution in [2.45, 2.75) is 26.9 Å². The third-order valence-corrected chi connectivity index (χ3v) is 6.07. The van der Waals surface area contributed by atoms with Gasteiger partial charge in [-0.1, -0.05) is 30.3 Å². The van der Waals surface area contributed by atoms with E-state index in [1.54, 1.807) is 0 Å². The van der Waals surface area contributed by atoms with Crippen LogP contribution in [0.4, 0.5) is 4.39 Å². The second-order valence-electron chi connectivity index (χ2n) is 8.61. The highest BCUT2D eigenvalue weighted by molar-refractivity contribution is 5.98. The van der Waals surface area contributed by atoms with Gasteiger partial charge in [0.25, 0.3) is 5.91 Å². The van der Waals surface area contributed by atoms with Gasteiger partial charge in [0.05, 0.1) is 5.52 Å². The van der Waals surface area contributed by atoms with Crippen molar-refractivity contribution < 1.29 is 13.9 Å². The lowest BCUT2D eigenvalue weighted by Crippen LogP contribution is -2.26. The predicted octanol–water partition coefficient (Wildman–Crippen LogP) is 5.96. The number of carbonyl (C=O) groups is 1. The first-order valence-corrected chi connectivity index (χ1v) is 11.3. The third kappa shape index (κ3) is 4.39. The van der Waals surface area contributed by atoms with E-state index in [4.69, 9.17) is 4.74 Å². The van der Waals surface area contributed by atoms with Crippen molar-refractivity contribution in [2.75, 3.05) is 6.54 Å². The molecule has 172 valence electrons. The maximum atomic E-state index is 14.3. The zero-order chi connectivity index (χ0) is 23.7. The van der Waals surface area contributed by atoms with Crippen LogP contribution in [-0.2, 0) is 13.0 Å². The van der Waals surface area contributed by atoms with Gasteiger partial charge in [0.15, 0.2) is 0 Å². The summed E-state index contributed by atoms with van der Waals surface area (Å²) >= 11 is 0. The van der Waals surface area contributed by atoms with E-state index in [0.717, 1.165) is 44.4 Å². The lowest BCUT2D eigenvalue weighted by molar-refractivity contribution is 0.0950. The molecular formula is C28H26FN3O2. The Kier molecular flexibility index (Phi) is 5.80. The molecule has 0 bridgehead atoms. The molecule has 3 N–H and O–H groups in total. The second kappa shape index (κ2) is 9.06. The number of ether oxygens (including phenoxy) is 1. The highest BCUT2D eigenvalue weighted by atomic mass is 19.1. The highest BCUT2D eigenvalue weighted by Gasteiger charge is 2.14. The summed E-state index contributed by atoms with van der Waals surface area (Å²) in [4.78, 5) is 19.1. The van der Waals surface area contributed by atoms with Crippen LogP contribution in [0.1, 0.15) is 32.9 Å². The van der Waals surface area contributed by atoms with E-state index >= 15 is 0 Å². The number of fused-ring (bicyclic) bond motifs is 2. The van der Waals surface area contributed by atoms with Crippen molar-refractivity contribution in [3.05, 3.63) is 101 Å². The van der Waals surface area contributed by atoms with Gasteiger partial charge in [-0.15, -0.1) is 0 Å². The fourth-order valence-corrected chi connectivity index (χ4v) is 4.35. The van der Waals surface area contributed by atoms with Crippen molar-refractivity contribution >= 4 is 27.7 Å². The van der Waals surface area contributed by atoms with Gasteiger partial charge in [-0.3, -0.25) is 4.79 Å². The standard InChI is InChI=1S/C28H26FN3O2/c1-17-12-23-22(18(2)31-27(23)24(29)13-17)10-11-30-28(33)26-14-20-8-9-21(15-25(20)32-26)34-16-19-6-4-3-5-7-19/h3-9,12-15,31-32H,10-11,16H2,1-2H3,(H,30,33). The Hall–Kier alpha value is -4.06. The van der Waals surface area contributed by atoms with Crippen molar-refractivity contribution in [1.29, 1.82) is 0 Å². The van der Waals surface area contributed by atoms with E-state index in [1.165, 1.54) is 6.07 Å². The number of nitrogens with one attached hydrogen (secondary N) is 3. The molecule has 0 unspecified atom stereocenters. The minimum absolute atomic E-state index is 0.178. The smallest absolute Gasteiger partial charge is 0.267 e. The maximum absolute atomic E-state index is 14.3. The number of amides is 1. The van der Waals surface area contributed by atoms with Crippen LogP contribution in [0.2, 0.25) is 0 Å². The largest absolute Gasteiger partial charge is 0.489 e. The first-order chi connectivity index (χ1) is 16.5.